The number of aromatic nitrogens is 1. The summed E-state index contributed by atoms with van der Waals surface area (Å²) in [5.74, 6) is 0.517. The Morgan fingerprint density at radius 1 is 1.35 bits per heavy atom. The Bertz CT molecular complexity index is 464. The van der Waals surface area contributed by atoms with Crippen LogP contribution < -0.4 is 5.32 Å². The summed E-state index contributed by atoms with van der Waals surface area (Å²) in [6, 6.07) is 8.43. The molecule has 3 N–H and O–H groups in total. The number of aliphatic hydroxyl groups is 1. The van der Waals surface area contributed by atoms with Gasteiger partial charge >= 0.3 is 0 Å². The van der Waals surface area contributed by atoms with Crippen LogP contribution in [0, 0.1) is 5.92 Å². The highest BCUT2D eigenvalue weighted by molar-refractivity contribution is 5.82. The van der Waals surface area contributed by atoms with Crippen LogP contribution in [0.2, 0.25) is 0 Å². The summed E-state index contributed by atoms with van der Waals surface area (Å²) in [5, 5.41) is 13.5. The van der Waals surface area contributed by atoms with Crippen molar-refractivity contribution in [1.29, 1.82) is 0 Å². The number of nitrogens with one attached hydrogen (secondary N) is 2. The second kappa shape index (κ2) is 5.84. The van der Waals surface area contributed by atoms with E-state index in [9.17, 15) is 0 Å². The van der Waals surface area contributed by atoms with Crippen LogP contribution in [0.1, 0.15) is 18.9 Å². The number of H-pyrrole nitrogens is 1. The molecule has 1 heterocycles. The average Bonchev–Trinajstić information content (AvgIpc) is 2.78. The highest BCUT2D eigenvalue weighted by Gasteiger charge is 2.03. The summed E-state index contributed by atoms with van der Waals surface area (Å²) in [6.07, 6.45) is 2.84. The van der Waals surface area contributed by atoms with Gasteiger partial charge in [0.2, 0.25) is 0 Å². The second-order valence-electron chi connectivity index (χ2n) is 4.61. The Morgan fingerprint density at radius 2 is 2.24 bits per heavy atom. The van der Waals surface area contributed by atoms with E-state index < -0.39 is 0 Å². The average molecular weight is 232 g/mol. The number of aromatic amines is 1. The molecular weight excluding hydrogens is 212 g/mol. The van der Waals surface area contributed by atoms with Gasteiger partial charge in [0.15, 0.2) is 0 Å². The van der Waals surface area contributed by atoms with E-state index in [0.29, 0.717) is 5.92 Å². The molecule has 0 amide bonds. The molecule has 0 saturated carbocycles. The second-order valence-corrected chi connectivity index (χ2v) is 4.61. The predicted octanol–water partition coefficient (Wildman–Crippen LogP) is 2.28. The van der Waals surface area contributed by atoms with Crippen molar-refractivity contribution in [2.24, 2.45) is 5.92 Å². The van der Waals surface area contributed by atoms with E-state index in [4.69, 9.17) is 5.11 Å². The standard InChI is InChI=1S/C14H20N2O/c1-11(6-8-17)9-15-10-13-4-2-3-12-5-7-16-14(12)13/h2-5,7,11,15-17H,6,8-10H2,1H3. The molecule has 0 aliphatic carbocycles. The molecule has 1 atom stereocenters. The third kappa shape index (κ3) is 3.08. The van der Waals surface area contributed by atoms with Crippen LogP contribution in [-0.4, -0.2) is 23.2 Å². The zero-order valence-electron chi connectivity index (χ0n) is 10.2. The van der Waals surface area contributed by atoms with Crippen molar-refractivity contribution in [3.05, 3.63) is 36.0 Å². The van der Waals surface area contributed by atoms with Crippen molar-refractivity contribution in [2.45, 2.75) is 19.9 Å². The molecule has 0 saturated heterocycles. The molecule has 0 aliphatic rings. The fourth-order valence-electron chi connectivity index (χ4n) is 2.07. The Morgan fingerprint density at radius 3 is 3.06 bits per heavy atom. The van der Waals surface area contributed by atoms with Gasteiger partial charge in [0, 0.05) is 24.9 Å². The van der Waals surface area contributed by atoms with Gasteiger partial charge in [0.05, 0.1) is 0 Å². The topological polar surface area (TPSA) is 48.0 Å². The highest BCUT2D eigenvalue weighted by Crippen LogP contribution is 2.16. The zero-order valence-corrected chi connectivity index (χ0v) is 10.2. The Labute approximate surface area is 102 Å². The first-order chi connectivity index (χ1) is 8.31. The van der Waals surface area contributed by atoms with E-state index in [-0.39, 0.29) is 6.61 Å². The molecule has 3 heteroatoms. The maximum absolute atomic E-state index is 8.83. The Balaban J connectivity index is 1.92. The van der Waals surface area contributed by atoms with Crippen molar-refractivity contribution >= 4 is 10.9 Å². The number of rotatable bonds is 6. The lowest BCUT2D eigenvalue weighted by Gasteiger charge is -2.11. The van der Waals surface area contributed by atoms with Gasteiger partial charge in [-0.05, 0) is 35.9 Å². The van der Waals surface area contributed by atoms with Crippen LogP contribution in [0.25, 0.3) is 10.9 Å². The summed E-state index contributed by atoms with van der Waals surface area (Å²) >= 11 is 0. The number of aliphatic hydroxyl groups excluding tert-OH is 1. The van der Waals surface area contributed by atoms with Crippen molar-refractivity contribution in [3.63, 3.8) is 0 Å². The van der Waals surface area contributed by atoms with Crippen molar-refractivity contribution in [2.75, 3.05) is 13.2 Å². The molecule has 1 aromatic heterocycles. The third-order valence-electron chi connectivity index (χ3n) is 3.10. The minimum atomic E-state index is 0.273. The molecule has 1 aromatic carbocycles. The van der Waals surface area contributed by atoms with E-state index in [0.717, 1.165) is 19.5 Å². The Kier molecular flexibility index (Phi) is 4.18. The van der Waals surface area contributed by atoms with Crippen molar-refractivity contribution in [3.8, 4) is 0 Å². The summed E-state index contributed by atoms with van der Waals surface area (Å²) in [6.45, 7) is 4.23. The summed E-state index contributed by atoms with van der Waals surface area (Å²) < 4.78 is 0. The quantitative estimate of drug-likeness (QED) is 0.715. The summed E-state index contributed by atoms with van der Waals surface area (Å²) in [4.78, 5) is 3.27. The first kappa shape index (κ1) is 12.1. The smallest absolute Gasteiger partial charge is 0.0499 e. The Hall–Kier alpha value is -1.32. The van der Waals surface area contributed by atoms with Crippen LogP contribution in [-0.2, 0) is 6.54 Å². The highest BCUT2D eigenvalue weighted by atomic mass is 16.3. The first-order valence-corrected chi connectivity index (χ1v) is 6.18. The molecule has 0 spiro atoms. The van der Waals surface area contributed by atoms with Gasteiger partial charge in [-0.3, -0.25) is 0 Å². The minimum absolute atomic E-state index is 0.273. The molecule has 0 radical (unpaired) electrons. The van der Waals surface area contributed by atoms with Crippen LogP contribution in [0.5, 0.6) is 0 Å². The van der Waals surface area contributed by atoms with Gasteiger partial charge in [-0.25, -0.2) is 0 Å². The molecule has 1 unspecified atom stereocenters. The van der Waals surface area contributed by atoms with Gasteiger partial charge in [0.25, 0.3) is 0 Å². The number of hydrogen-bond acceptors (Lipinski definition) is 2. The van der Waals surface area contributed by atoms with Gasteiger partial charge in [-0.2, -0.15) is 0 Å². The van der Waals surface area contributed by atoms with Gasteiger partial charge in [0.1, 0.15) is 0 Å². The SMILES string of the molecule is CC(CCO)CNCc1cccc2cc[nH]c12. The van der Waals surface area contributed by atoms with Crippen LogP contribution >= 0.6 is 0 Å². The van der Waals surface area contributed by atoms with Gasteiger partial charge in [-0.15, -0.1) is 0 Å². The minimum Gasteiger partial charge on any atom is -0.396 e. The van der Waals surface area contributed by atoms with Gasteiger partial charge in [-0.1, -0.05) is 25.1 Å². The molecule has 17 heavy (non-hydrogen) atoms. The first-order valence-electron chi connectivity index (χ1n) is 6.18. The zero-order chi connectivity index (χ0) is 12.1. The van der Waals surface area contributed by atoms with E-state index in [1.54, 1.807) is 0 Å². The van der Waals surface area contributed by atoms with Crippen molar-refractivity contribution in [1.82, 2.24) is 10.3 Å². The molecule has 0 bridgehead atoms. The fourth-order valence-corrected chi connectivity index (χ4v) is 2.07. The molecular formula is C14H20N2O. The monoisotopic (exact) mass is 232 g/mol. The molecule has 92 valence electrons. The number of fused-ring (bicyclic) bond motifs is 1. The van der Waals surface area contributed by atoms with E-state index in [1.807, 2.05) is 6.20 Å². The lowest BCUT2D eigenvalue weighted by Crippen LogP contribution is -2.21. The number of hydrogen-bond donors (Lipinski definition) is 3. The van der Waals surface area contributed by atoms with Crippen LogP contribution in [0.3, 0.4) is 0 Å². The lowest BCUT2D eigenvalue weighted by atomic mass is 10.1. The van der Waals surface area contributed by atoms with E-state index in [2.05, 4.69) is 41.5 Å². The molecule has 0 aliphatic heterocycles. The number of para-hydroxylation sites is 1. The maximum atomic E-state index is 8.83. The number of benzene rings is 1. The molecule has 2 rings (SSSR count). The normalized spacial score (nSPS) is 13.1. The molecule has 0 fully saturated rings. The van der Waals surface area contributed by atoms with Crippen LogP contribution in [0.15, 0.2) is 30.5 Å². The summed E-state index contributed by atoms with van der Waals surface area (Å²) in [5.41, 5.74) is 2.51. The van der Waals surface area contributed by atoms with E-state index in [1.165, 1.54) is 16.5 Å². The van der Waals surface area contributed by atoms with E-state index >= 15 is 0 Å². The molecule has 2 aromatic rings. The van der Waals surface area contributed by atoms with Gasteiger partial charge < -0.3 is 15.4 Å². The van der Waals surface area contributed by atoms with Crippen molar-refractivity contribution < 1.29 is 5.11 Å². The lowest BCUT2D eigenvalue weighted by molar-refractivity contribution is 0.260. The third-order valence-corrected chi connectivity index (χ3v) is 3.10. The largest absolute Gasteiger partial charge is 0.396 e. The predicted molar refractivity (Wildman–Crippen MR) is 70.9 cm³/mol. The van der Waals surface area contributed by atoms with Crippen LogP contribution in [0.4, 0.5) is 0 Å². The summed E-state index contributed by atoms with van der Waals surface area (Å²) in [7, 11) is 0. The fraction of sp³-hybridized carbons (Fsp3) is 0.429. The maximum Gasteiger partial charge on any atom is 0.0499 e. The molecule has 3 nitrogen and oxygen atoms in total.